The highest BCUT2D eigenvalue weighted by atomic mass is 79.9. The first-order valence-corrected chi connectivity index (χ1v) is 7.92. The van der Waals surface area contributed by atoms with Crippen molar-refractivity contribution in [3.8, 4) is 0 Å². The third kappa shape index (κ3) is 3.89. The highest BCUT2D eigenvalue weighted by molar-refractivity contribution is 9.11. The number of aromatic amines is 1. The Kier molecular flexibility index (Phi) is 4.59. The van der Waals surface area contributed by atoms with E-state index in [9.17, 15) is 4.79 Å². The molecule has 0 unspecified atom stereocenters. The molecule has 2 aromatic rings. The van der Waals surface area contributed by atoms with Crippen LogP contribution in [0.4, 0.5) is 0 Å². The molecule has 5 nitrogen and oxygen atoms in total. The van der Waals surface area contributed by atoms with Crippen LogP contribution in [-0.2, 0) is 11.8 Å². The molecule has 20 heavy (non-hydrogen) atoms. The van der Waals surface area contributed by atoms with Gasteiger partial charge in [0.1, 0.15) is 5.82 Å². The fourth-order valence-corrected chi connectivity index (χ4v) is 3.05. The van der Waals surface area contributed by atoms with Crippen molar-refractivity contribution in [2.24, 2.45) is 0 Å². The number of aromatic nitrogens is 3. The van der Waals surface area contributed by atoms with Crippen molar-refractivity contribution in [3.63, 3.8) is 0 Å². The molecule has 0 aliphatic heterocycles. The van der Waals surface area contributed by atoms with Gasteiger partial charge in [-0.15, -0.1) is 16.4 Å². The molecule has 1 amide bonds. The van der Waals surface area contributed by atoms with E-state index in [-0.39, 0.29) is 17.1 Å². The molecule has 0 aromatic carbocycles. The Morgan fingerprint density at radius 2 is 2.20 bits per heavy atom. The van der Waals surface area contributed by atoms with Gasteiger partial charge < -0.3 is 5.32 Å². The maximum absolute atomic E-state index is 11.9. The summed E-state index contributed by atoms with van der Waals surface area (Å²) in [5, 5.41) is 9.60. The summed E-state index contributed by atoms with van der Waals surface area (Å²) in [5.74, 6) is 0.666. The second-order valence-corrected chi connectivity index (χ2v) is 8.02. The Hall–Kier alpha value is -1.21. The monoisotopic (exact) mass is 356 g/mol. The summed E-state index contributed by atoms with van der Waals surface area (Å²) < 4.78 is 1.10. The maximum atomic E-state index is 11.9. The standard InChI is InChI=1S/C13H17BrN4OS/c1-13(2,3)12-16-10(17-18-12)11(19)15-7-6-8-4-5-9(14)20-8/h4-5H,6-7H2,1-3H3,(H,15,19)(H,16,17,18). The smallest absolute Gasteiger partial charge is 0.290 e. The van der Waals surface area contributed by atoms with E-state index in [1.54, 1.807) is 11.3 Å². The molecule has 0 spiro atoms. The molecule has 2 aromatic heterocycles. The molecule has 0 saturated heterocycles. The van der Waals surface area contributed by atoms with Crippen LogP contribution in [0, 0.1) is 0 Å². The minimum Gasteiger partial charge on any atom is -0.349 e. The summed E-state index contributed by atoms with van der Waals surface area (Å²) in [6, 6.07) is 4.05. The molecule has 108 valence electrons. The Morgan fingerprint density at radius 1 is 1.45 bits per heavy atom. The van der Waals surface area contributed by atoms with Gasteiger partial charge in [0.05, 0.1) is 3.79 Å². The van der Waals surface area contributed by atoms with Crippen LogP contribution < -0.4 is 5.32 Å². The largest absolute Gasteiger partial charge is 0.349 e. The fourth-order valence-electron chi connectivity index (χ4n) is 1.56. The molecule has 0 fully saturated rings. The van der Waals surface area contributed by atoms with Crippen molar-refractivity contribution < 1.29 is 4.79 Å². The molecule has 0 radical (unpaired) electrons. The summed E-state index contributed by atoms with van der Waals surface area (Å²) in [6.45, 7) is 6.63. The summed E-state index contributed by atoms with van der Waals surface area (Å²) in [4.78, 5) is 17.4. The first-order valence-electron chi connectivity index (χ1n) is 6.31. The number of rotatable bonds is 4. The van der Waals surface area contributed by atoms with E-state index < -0.39 is 0 Å². The van der Waals surface area contributed by atoms with Crippen LogP contribution in [-0.4, -0.2) is 27.6 Å². The summed E-state index contributed by atoms with van der Waals surface area (Å²) >= 11 is 5.09. The number of H-pyrrole nitrogens is 1. The maximum Gasteiger partial charge on any atom is 0.290 e. The van der Waals surface area contributed by atoms with Gasteiger partial charge in [0.15, 0.2) is 0 Å². The number of halogens is 1. The van der Waals surface area contributed by atoms with Gasteiger partial charge in [-0.1, -0.05) is 20.8 Å². The van der Waals surface area contributed by atoms with Crippen molar-refractivity contribution in [2.45, 2.75) is 32.6 Å². The van der Waals surface area contributed by atoms with Crippen molar-refractivity contribution in [3.05, 3.63) is 32.4 Å². The molecule has 0 atom stereocenters. The predicted molar refractivity (Wildman–Crippen MR) is 83.1 cm³/mol. The average Bonchev–Trinajstić information content (AvgIpc) is 2.97. The van der Waals surface area contributed by atoms with Crippen molar-refractivity contribution >= 4 is 33.2 Å². The second-order valence-electron chi connectivity index (χ2n) is 5.47. The van der Waals surface area contributed by atoms with E-state index in [1.807, 2.05) is 32.9 Å². The summed E-state index contributed by atoms with van der Waals surface area (Å²) in [5.41, 5.74) is -0.144. The summed E-state index contributed by atoms with van der Waals surface area (Å²) in [6.07, 6.45) is 0.804. The molecule has 7 heteroatoms. The molecule has 0 aliphatic carbocycles. The number of thiophene rings is 1. The lowest BCUT2D eigenvalue weighted by Gasteiger charge is -2.12. The number of hydrogen-bond acceptors (Lipinski definition) is 4. The number of hydrogen-bond donors (Lipinski definition) is 2. The highest BCUT2D eigenvalue weighted by Gasteiger charge is 2.21. The van der Waals surface area contributed by atoms with Crippen LogP contribution in [0.5, 0.6) is 0 Å². The fraction of sp³-hybridized carbons (Fsp3) is 0.462. The quantitative estimate of drug-likeness (QED) is 0.884. The van der Waals surface area contributed by atoms with Crippen LogP contribution in [0.25, 0.3) is 0 Å². The van der Waals surface area contributed by atoms with Gasteiger partial charge >= 0.3 is 0 Å². The number of carbonyl (C=O) groups is 1. The first kappa shape index (κ1) is 15.2. The van der Waals surface area contributed by atoms with E-state index in [2.05, 4.69) is 36.4 Å². The van der Waals surface area contributed by atoms with Gasteiger partial charge in [0.2, 0.25) is 5.82 Å². The molecular weight excluding hydrogens is 340 g/mol. The number of carbonyl (C=O) groups excluding carboxylic acids is 1. The number of amides is 1. The van der Waals surface area contributed by atoms with Gasteiger partial charge in [-0.25, -0.2) is 4.98 Å². The molecular formula is C13H17BrN4OS. The molecule has 0 bridgehead atoms. The van der Waals surface area contributed by atoms with Gasteiger partial charge in [-0.2, -0.15) is 0 Å². The molecule has 2 heterocycles. The van der Waals surface area contributed by atoms with Gasteiger partial charge in [0.25, 0.3) is 5.91 Å². The zero-order valence-corrected chi connectivity index (χ0v) is 14.1. The molecule has 0 aliphatic rings. The SMILES string of the molecule is CC(C)(C)c1nc(C(=O)NCCc2ccc(Br)s2)n[nH]1. The third-order valence-corrected chi connectivity index (χ3v) is 4.37. The van der Waals surface area contributed by atoms with Gasteiger partial charge in [-0.05, 0) is 34.5 Å². The second kappa shape index (κ2) is 6.05. The highest BCUT2D eigenvalue weighted by Crippen LogP contribution is 2.22. The topological polar surface area (TPSA) is 70.7 Å². The van der Waals surface area contributed by atoms with E-state index in [1.165, 1.54) is 4.88 Å². The van der Waals surface area contributed by atoms with E-state index in [4.69, 9.17) is 0 Å². The normalized spacial score (nSPS) is 11.6. The van der Waals surface area contributed by atoms with Crippen LogP contribution in [0.3, 0.4) is 0 Å². The van der Waals surface area contributed by atoms with Crippen molar-refractivity contribution in [1.82, 2.24) is 20.5 Å². The average molecular weight is 357 g/mol. The molecule has 2 rings (SSSR count). The Morgan fingerprint density at radius 3 is 2.75 bits per heavy atom. The van der Waals surface area contributed by atoms with E-state index in [0.717, 1.165) is 10.2 Å². The zero-order valence-electron chi connectivity index (χ0n) is 11.7. The Balaban J connectivity index is 1.87. The van der Waals surface area contributed by atoms with E-state index >= 15 is 0 Å². The van der Waals surface area contributed by atoms with Crippen molar-refractivity contribution in [1.29, 1.82) is 0 Å². The number of nitrogens with one attached hydrogen (secondary N) is 2. The van der Waals surface area contributed by atoms with Crippen LogP contribution in [0.2, 0.25) is 0 Å². The lowest BCUT2D eigenvalue weighted by molar-refractivity contribution is 0.0944. The molecule has 0 saturated carbocycles. The van der Waals surface area contributed by atoms with Crippen LogP contribution in [0.15, 0.2) is 15.9 Å². The van der Waals surface area contributed by atoms with Crippen molar-refractivity contribution in [2.75, 3.05) is 6.54 Å². The minimum atomic E-state index is -0.243. The van der Waals surface area contributed by atoms with Crippen LogP contribution >= 0.6 is 27.3 Å². The minimum absolute atomic E-state index is 0.144. The lowest BCUT2D eigenvalue weighted by Crippen LogP contribution is -2.26. The van der Waals surface area contributed by atoms with Crippen LogP contribution in [0.1, 0.15) is 42.1 Å². The van der Waals surface area contributed by atoms with E-state index in [0.29, 0.717) is 12.4 Å². The third-order valence-electron chi connectivity index (χ3n) is 2.68. The first-order chi connectivity index (χ1) is 9.36. The number of nitrogens with zero attached hydrogens (tertiary/aromatic N) is 2. The zero-order chi connectivity index (χ0) is 14.8. The lowest BCUT2D eigenvalue weighted by atomic mass is 9.96. The Bertz CT molecular complexity index is 600. The molecule has 2 N–H and O–H groups in total. The predicted octanol–water partition coefficient (Wildman–Crippen LogP) is 2.90. The van der Waals surface area contributed by atoms with Gasteiger partial charge in [-0.3, -0.25) is 9.89 Å². The van der Waals surface area contributed by atoms with Gasteiger partial charge in [0, 0.05) is 16.8 Å². The summed E-state index contributed by atoms with van der Waals surface area (Å²) in [7, 11) is 0. The Labute approximate surface area is 130 Å².